The fraction of sp³-hybridized carbons (Fsp3) is 0. The summed E-state index contributed by atoms with van der Waals surface area (Å²) in [5.41, 5.74) is 11.8. The molecule has 1 aromatic carbocycles. The number of amides is 1. The third kappa shape index (κ3) is 3.05. The zero-order chi connectivity index (χ0) is 13.8. The van der Waals surface area contributed by atoms with Crippen molar-refractivity contribution in [3.8, 4) is 11.5 Å². The monoisotopic (exact) mass is 273 g/mol. The van der Waals surface area contributed by atoms with Crippen LogP contribution in [-0.2, 0) is 0 Å². The maximum Gasteiger partial charge on any atom is 0.248 e. The highest BCUT2D eigenvalue weighted by Gasteiger charge is 2.08. The molecule has 0 unspecified atom stereocenters. The van der Waals surface area contributed by atoms with Crippen LogP contribution in [0.25, 0.3) is 0 Å². The Kier molecular flexibility index (Phi) is 3.72. The zero-order valence-electron chi connectivity index (χ0n) is 9.87. The number of rotatable bonds is 4. The molecular formula is C13H11N3O2S. The Morgan fingerprint density at radius 1 is 1.16 bits per heavy atom. The van der Waals surface area contributed by atoms with Gasteiger partial charge in [-0.3, -0.25) is 9.78 Å². The molecule has 0 bridgehead atoms. The second-order valence-electron chi connectivity index (χ2n) is 3.73. The number of ether oxygens (including phenoxy) is 1. The lowest BCUT2D eigenvalue weighted by Crippen LogP contribution is -2.11. The topological polar surface area (TPSA) is 91.2 Å². The summed E-state index contributed by atoms with van der Waals surface area (Å²) in [5, 5.41) is 0. The molecule has 0 aliphatic carbocycles. The molecule has 0 aliphatic rings. The first-order chi connectivity index (χ1) is 9.08. The molecule has 1 aromatic heterocycles. The van der Waals surface area contributed by atoms with Crippen LogP contribution in [0.15, 0.2) is 42.7 Å². The number of hydrogen-bond acceptors (Lipinski definition) is 4. The molecule has 5 nitrogen and oxygen atoms in total. The molecule has 0 radical (unpaired) electrons. The van der Waals surface area contributed by atoms with Crippen molar-refractivity contribution in [2.45, 2.75) is 0 Å². The van der Waals surface area contributed by atoms with Gasteiger partial charge in [-0.1, -0.05) is 12.2 Å². The molecule has 2 aromatic rings. The van der Waals surface area contributed by atoms with E-state index in [1.54, 1.807) is 36.5 Å². The summed E-state index contributed by atoms with van der Waals surface area (Å²) in [5.74, 6) is 0.508. The van der Waals surface area contributed by atoms with Crippen LogP contribution in [0.1, 0.15) is 15.9 Å². The lowest BCUT2D eigenvalue weighted by molar-refractivity contribution is 0.100. The van der Waals surface area contributed by atoms with Gasteiger partial charge >= 0.3 is 0 Å². The lowest BCUT2D eigenvalue weighted by atomic mass is 10.2. The maximum atomic E-state index is 11.0. The van der Waals surface area contributed by atoms with E-state index in [1.165, 1.54) is 6.20 Å². The minimum atomic E-state index is -0.489. The highest BCUT2D eigenvalue weighted by molar-refractivity contribution is 7.80. The van der Waals surface area contributed by atoms with Gasteiger partial charge in [-0.2, -0.15) is 0 Å². The molecular weight excluding hydrogens is 262 g/mol. The van der Waals surface area contributed by atoms with E-state index in [9.17, 15) is 4.79 Å². The van der Waals surface area contributed by atoms with Crippen molar-refractivity contribution < 1.29 is 9.53 Å². The largest absolute Gasteiger partial charge is 0.455 e. The molecule has 0 saturated carbocycles. The minimum Gasteiger partial charge on any atom is -0.455 e. The van der Waals surface area contributed by atoms with Crippen LogP contribution in [0.5, 0.6) is 11.5 Å². The molecule has 19 heavy (non-hydrogen) atoms. The molecule has 6 heteroatoms. The third-order valence-corrected chi connectivity index (χ3v) is 2.64. The van der Waals surface area contributed by atoms with Crippen molar-refractivity contribution in [1.29, 1.82) is 0 Å². The van der Waals surface area contributed by atoms with Crippen molar-refractivity contribution in [3.63, 3.8) is 0 Å². The quantitative estimate of drug-likeness (QED) is 0.826. The fourth-order valence-electron chi connectivity index (χ4n) is 1.48. The molecule has 1 amide bonds. The molecule has 2 rings (SSSR count). The van der Waals surface area contributed by atoms with Gasteiger partial charge in [-0.15, -0.1) is 0 Å². The first kappa shape index (κ1) is 13.0. The van der Waals surface area contributed by atoms with E-state index in [4.69, 9.17) is 28.4 Å². The van der Waals surface area contributed by atoms with Crippen LogP contribution >= 0.6 is 12.2 Å². The molecule has 0 fully saturated rings. The molecule has 0 spiro atoms. The van der Waals surface area contributed by atoms with Gasteiger partial charge in [0.25, 0.3) is 0 Å². The smallest absolute Gasteiger partial charge is 0.248 e. The Balaban J connectivity index is 2.26. The van der Waals surface area contributed by atoms with Crippen LogP contribution < -0.4 is 16.2 Å². The Bertz CT molecular complexity index is 626. The fourth-order valence-corrected chi connectivity index (χ4v) is 1.65. The number of carbonyl (C=O) groups excluding carboxylic acids is 1. The number of nitrogens with zero attached hydrogens (tertiary/aromatic N) is 1. The van der Waals surface area contributed by atoms with Gasteiger partial charge in [0.05, 0.1) is 11.8 Å². The highest BCUT2D eigenvalue weighted by Crippen LogP contribution is 2.24. The average molecular weight is 273 g/mol. The van der Waals surface area contributed by atoms with Crippen molar-refractivity contribution >= 4 is 23.1 Å². The number of aromatic nitrogens is 1. The van der Waals surface area contributed by atoms with Crippen LogP contribution in [-0.4, -0.2) is 15.9 Å². The summed E-state index contributed by atoms with van der Waals surface area (Å²) in [6.45, 7) is 0. The number of nitrogens with two attached hydrogens (primary N) is 2. The predicted octanol–water partition coefficient (Wildman–Crippen LogP) is 1.61. The zero-order valence-corrected chi connectivity index (χ0v) is 10.7. The Morgan fingerprint density at radius 3 is 2.42 bits per heavy atom. The average Bonchev–Trinajstić information content (AvgIpc) is 2.39. The maximum absolute atomic E-state index is 11.0. The van der Waals surface area contributed by atoms with E-state index in [0.29, 0.717) is 22.6 Å². The first-order valence-electron chi connectivity index (χ1n) is 5.39. The Hall–Kier alpha value is -2.47. The van der Waals surface area contributed by atoms with Gasteiger partial charge in [0.1, 0.15) is 10.7 Å². The van der Waals surface area contributed by atoms with Crippen molar-refractivity contribution in [3.05, 3.63) is 53.9 Å². The van der Waals surface area contributed by atoms with Crippen molar-refractivity contribution in [2.24, 2.45) is 11.5 Å². The van der Waals surface area contributed by atoms with E-state index in [-0.39, 0.29) is 4.99 Å². The highest BCUT2D eigenvalue weighted by atomic mass is 32.1. The summed E-state index contributed by atoms with van der Waals surface area (Å²) in [6, 6.07) is 8.10. The van der Waals surface area contributed by atoms with E-state index in [1.807, 2.05) is 0 Å². The molecule has 0 atom stereocenters. The van der Waals surface area contributed by atoms with Gasteiger partial charge in [-0.25, -0.2) is 0 Å². The van der Waals surface area contributed by atoms with Crippen LogP contribution in [0.2, 0.25) is 0 Å². The Morgan fingerprint density at radius 2 is 1.84 bits per heavy atom. The van der Waals surface area contributed by atoms with Gasteiger partial charge in [0.15, 0.2) is 5.75 Å². The normalized spacial score (nSPS) is 9.89. The van der Waals surface area contributed by atoms with Crippen LogP contribution in [0, 0.1) is 0 Å². The number of pyridine rings is 1. The van der Waals surface area contributed by atoms with Gasteiger partial charge < -0.3 is 16.2 Å². The van der Waals surface area contributed by atoms with E-state index < -0.39 is 5.91 Å². The lowest BCUT2D eigenvalue weighted by Gasteiger charge is -2.09. The summed E-state index contributed by atoms with van der Waals surface area (Å²) in [6.07, 6.45) is 3.11. The Labute approximate surface area is 115 Å². The SMILES string of the molecule is NC(=O)c1ccc(Oc2cnccc2C(N)=S)cc1. The number of hydrogen-bond donors (Lipinski definition) is 2. The standard InChI is InChI=1S/C13H11N3O2S/c14-12(17)8-1-3-9(4-2-8)18-11-7-16-6-5-10(11)13(15)19/h1-7H,(H2,14,17)(H2,15,19). The number of carbonyl (C=O) groups is 1. The van der Waals surface area contributed by atoms with Crippen LogP contribution in [0.3, 0.4) is 0 Å². The van der Waals surface area contributed by atoms with E-state index in [0.717, 1.165) is 0 Å². The summed E-state index contributed by atoms with van der Waals surface area (Å²) in [4.78, 5) is 15.1. The molecule has 0 saturated heterocycles. The third-order valence-electron chi connectivity index (χ3n) is 2.42. The first-order valence-corrected chi connectivity index (χ1v) is 5.80. The number of primary amides is 1. The van der Waals surface area contributed by atoms with Gasteiger partial charge in [0.2, 0.25) is 5.91 Å². The van der Waals surface area contributed by atoms with Crippen molar-refractivity contribution in [1.82, 2.24) is 4.98 Å². The number of benzene rings is 1. The minimum absolute atomic E-state index is 0.228. The van der Waals surface area contributed by atoms with Gasteiger partial charge in [0, 0.05) is 11.8 Å². The number of thiocarbonyl (C=S) groups is 1. The van der Waals surface area contributed by atoms with Crippen molar-refractivity contribution in [2.75, 3.05) is 0 Å². The summed E-state index contributed by atoms with van der Waals surface area (Å²) >= 11 is 4.93. The van der Waals surface area contributed by atoms with Gasteiger partial charge in [-0.05, 0) is 30.3 Å². The predicted molar refractivity (Wildman–Crippen MR) is 75.2 cm³/mol. The second kappa shape index (κ2) is 5.45. The molecule has 0 aliphatic heterocycles. The summed E-state index contributed by atoms with van der Waals surface area (Å²) < 4.78 is 5.62. The molecule has 1 heterocycles. The molecule has 4 N–H and O–H groups in total. The van der Waals surface area contributed by atoms with Crippen LogP contribution in [0.4, 0.5) is 0 Å². The molecule has 96 valence electrons. The van der Waals surface area contributed by atoms with E-state index in [2.05, 4.69) is 4.98 Å². The van der Waals surface area contributed by atoms with E-state index >= 15 is 0 Å². The summed E-state index contributed by atoms with van der Waals surface area (Å²) in [7, 11) is 0. The second-order valence-corrected chi connectivity index (χ2v) is 4.17.